The molecule has 2 N–H and O–H groups in total. The van der Waals surface area contributed by atoms with E-state index in [0.29, 0.717) is 5.92 Å². The monoisotopic (exact) mass is 919 g/mol. The Labute approximate surface area is 417 Å². The van der Waals surface area contributed by atoms with Gasteiger partial charge < -0.3 is 10.6 Å². The fraction of sp³-hybridized carbons (Fsp3) is 0.844. The van der Waals surface area contributed by atoms with E-state index in [1.807, 2.05) is 0 Å². The van der Waals surface area contributed by atoms with Crippen molar-refractivity contribution in [3.05, 3.63) is 60.9 Å². The first-order chi connectivity index (χ1) is 32.5. The Hall–Kier alpha value is -1.54. The van der Waals surface area contributed by atoms with Crippen molar-refractivity contribution in [2.45, 2.75) is 323 Å². The maximum atomic E-state index is 4.64. The quantitative estimate of drug-likeness (QED) is 0.0469. The lowest BCUT2D eigenvalue weighted by molar-refractivity contribution is 0.427. The van der Waals surface area contributed by atoms with E-state index in [2.05, 4.69) is 75.4 Å². The summed E-state index contributed by atoms with van der Waals surface area (Å²) in [7, 11) is 0. The summed E-state index contributed by atoms with van der Waals surface area (Å²) in [6.45, 7) is 23.1. The Balaban J connectivity index is 4.18. The molecule has 0 fully saturated rings. The Bertz CT molecular complexity index is 1050. The zero-order valence-corrected chi connectivity index (χ0v) is 45.9. The normalized spacial score (nSPS) is 12.2. The summed E-state index contributed by atoms with van der Waals surface area (Å²) in [5.41, 5.74) is 4.11. The van der Waals surface area contributed by atoms with E-state index >= 15 is 0 Å². The molecule has 1 unspecified atom stereocenters. The topological polar surface area (TPSA) is 24.1 Å². The second kappa shape index (κ2) is 56.1. The summed E-state index contributed by atoms with van der Waals surface area (Å²) in [6.07, 6.45) is 74.1. The molecule has 0 saturated heterocycles. The summed E-state index contributed by atoms with van der Waals surface area (Å²) in [5, 5.41) is 7.41. The van der Waals surface area contributed by atoms with Gasteiger partial charge in [0.1, 0.15) is 0 Å². The van der Waals surface area contributed by atoms with Crippen LogP contribution in [0.2, 0.25) is 0 Å². The molecule has 0 aromatic carbocycles. The van der Waals surface area contributed by atoms with Gasteiger partial charge in [0, 0.05) is 18.8 Å². The zero-order chi connectivity index (χ0) is 47.9. The van der Waals surface area contributed by atoms with Crippen LogP contribution >= 0.6 is 0 Å². The molecule has 0 saturated carbocycles. The van der Waals surface area contributed by atoms with Crippen molar-refractivity contribution in [3.63, 3.8) is 0 Å². The van der Waals surface area contributed by atoms with E-state index in [1.165, 1.54) is 306 Å². The van der Waals surface area contributed by atoms with Crippen LogP contribution in [0.15, 0.2) is 60.9 Å². The van der Waals surface area contributed by atoms with Gasteiger partial charge >= 0.3 is 0 Å². The molecule has 0 radical (unpaired) electrons. The summed E-state index contributed by atoms with van der Waals surface area (Å²) in [5.74, 6) is 0.665. The maximum absolute atomic E-state index is 4.64. The van der Waals surface area contributed by atoms with Crippen LogP contribution < -0.4 is 10.6 Å². The Kier molecular flexibility index (Phi) is 54.7. The predicted octanol–water partition coefficient (Wildman–Crippen LogP) is 21.9. The first-order valence-corrected chi connectivity index (χ1v) is 30.3. The highest BCUT2D eigenvalue weighted by Gasteiger charge is 2.12. The van der Waals surface area contributed by atoms with Gasteiger partial charge in [0.15, 0.2) is 0 Å². The van der Waals surface area contributed by atoms with E-state index in [1.54, 1.807) is 0 Å². The Morgan fingerprint density at radius 2 is 0.682 bits per heavy atom. The lowest BCUT2D eigenvalue weighted by Gasteiger charge is -2.21. The third-order valence-electron chi connectivity index (χ3n) is 14.4. The molecule has 1 atom stereocenters. The summed E-state index contributed by atoms with van der Waals surface area (Å²) in [4.78, 5) is 0. The number of hydrogen-bond donors (Lipinski definition) is 2. The minimum absolute atomic E-state index is 0.665. The van der Waals surface area contributed by atoms with Crippen molar-refractivity contribution in [2.24, 2.45) is 5.92 Å². The number of unbranched alkanes of at least 4 members (excludes halogenated alkanes) is 36. The molecule has 0 amide bonds. The van der Waals surface area contributed by atoms with E-state index in [4.69, 9.17) is 0 Å². The minimum atomic E-state index is 0.665. The lowest BCUT2D eigenvalue weighted by atomic mass is 9.91. The number of allylic oxidation sites excluding steroid dienone is 6. The highest BCUT2D eigenvalue weighted by molar-refractivity contribution is 4.98. The molecule has 0 aliphatic rings. The van der Waals surface area contributed by atoms with Crippen molar-refractivity contribution in [3.8, 4) is 0 Å². The molecule has 0 aromatic heterocycles. The SMILES string of the molecule is C=C(CC)CCCNCC(=C)CCCCCCCCCCCCNC(=C)C(CCCCCCCCC/C=C\CCCCCCCC)CCCCCCCCCC/C=C\CCCCCCCC. The van der Waals surface area contributed by atoms with Gasteiger partial charge in [-0.2, -0.15) is 0 Å². The molecule has 0 rings (SSSR count). The number of rotatable bonds is 57. The van der Waals surface area contributed by atoms with Crippen LogP contribution in [0.1, 0.15) is 323 Å². The molecule has 0 bridgehead atoms. The van der Waals surface area contributed by atoms with E-state index in [9.17, 15) is 0 Å². The molecule has 2 nitrogen and oxygen atoms in total. The molecule has 0 aromatic rings. The van der Waals surface area contributed by atoms with E-state index in [0.717, 1.165) is 32.5 Å². The minimum Gasteiger partial charge on any atom is -0.389 e. The zero-order valence-electron chi connectivity index (χ0n) is 45.9. The van der Waals surface area contributed by atoms with Gasteiger partial charge in [-0.3, -0.25) is 0 Å². The largest absolute Gasteiger partial charge is 0.389 e. The fourth-order valence-corrected chi connectivity index (χ4v) is 9.60. The van der Waals surface area contributed by atoms with Crippen molar-refractivity contribution in [1.29, 1.82) is 0 Å². The smallest absolute Gasteiger partial charge is 0.0161 e. The van der Waals surface area contributed by atoms with Gasteiger partial charge in [0.2, 0.25) is 0 Å². The third-order valence-corrected chi connectivity index (χ3v) is 14.4. The predicted molar refractivity (Wildman–Crippen MR) is 304 cm³/mol. The van der Waals surface area contributed by atoms with E-state index < -0.39 is 0 Å². The average molecular weight is 920 g/mol. The van der Waals surface area contributed by atoms with Gasteiger partial charge in [-0.25, -0.2) is 0 Å². The van der Waals surface area contributed by atoms with Gasteiger partial charge in [-0.1, -0.05) is 275 Å². The Morgan fingerprint density at radius 3 is 1.08 bits per heavy atom. The molecule has 0 aliphatic carbocycles. The fourth-order valence-electron chi connectivity index (χ4n) is 9.60. The van der Waals surface area contributed by atoms with Crippen molar-refractivity contribution in [1.82, 2.24) is 10.6 Å². The number of hydrogen-bond acceptors (Lipinski definition) is 2. The summed E-state index contributed by atoms with van der Waals surface area (Å²) >= 11 is 0. The summed E-state index contributed by atoms with van der Waals surface area (Å²) < 4.78 is 0. The molecular formula is C64H122N2. The van der Waals surface area contributed by atoms with Crippen LogP contribution in [0, 0.1) is 5.92 Å². The third kappa shape index (κ3) is 51.8. The van der Waals surface area contributed by atoms with Crippen LogP contribution in [0.3, 0.4) is 0 Å². The van der Waals surface area contributed by atoms with Crippen LogP contribution in [0.4, 0.5) is 0 Å². The van der Waals surface area contributed by atoms with Gasteiger partial charge in [-0.05, 0) is 115 Å². The molecule has 0 spiro atoms. The Morgan fingerprint density at radius 1 is 0.348 bits per heavy atom. The second-order valence-electron chi connectivity index (χ2n) is 21.1. The highest BCUT2D eigenvalue weighted by atomic mass is 14.9. The van der Waals surface area contributed by atoms with Crippen LogP contribution in [0.5, 0.6) is 0 Å². The van der Waals surface area contributed by atoms with Gasteiger partial charge in [-0.15, -0.1) is 0 Å². The van der Waals surface area contributed by atoms with Gasteiger partial charge in [0.05, 0.1) is 0 Å². The van der Waals surface area contributed by atoms with Crippen LogP contribution in [-0.4, -0.2) is 19.6 Å². The molecule has 66 heavy (non-hydrogen) atoms. The van der Waals surface area contributed by atoms with Gasteiger partial charge in [0.25, 0.3) is 0 Å². The van der Waals surface area contributed by atoms with Crippen molar-refractivity contribution < 1.29 is 0 Å². The second-order valence-corrected chi connectivity index (χ2v) is 21.1. The molecule has 0 aliphatic heterocycles. The molecule has 2 heteroatoms. The van der Waals surface area contributed by atoms with Crippen LogP contribution in [0.25, 0.3) is 0 Å². The van der Waals surface area contributed by atoms with Crippen molar-refractivity contribution in [2.75, 3.05) is 19.6 Å². The molecule has 388 valence electrons. The standard InChI is InChI=1S/C64H122N2/c1-7-10-12-14-16-18-20-22-24-26-28-30-32-34-39-43-47-51-57-64(56-50-46-42-38-33-31-29-27-25-23-21-19-17-15-13-11-8-2)63(6)66-59-52-48-44-40-36-35-37-41-45-49-54-62(5)60-65-58-53-55-61(4)9-3/h22-25,64-66H,4-21,26-60H2,1-3H3/b24-22-,25-23-. The van der Waals surface area contributed by atoms with Crippen LogP contribution in [-0.2, 0) is 0 Å². The van der Waals surface area contributed by atoms with Crippen molar-refractivity contribution >= 4 is 0 Å². The maximum Gasteiger partial charge on any atom is 0.0161 e. The first-order valence-electron chi connectivity index (χ1n) is 30.3. The molecular weight excluding hydrogens is 797 g/mol. The molecule has 0 heterocycles. The van der Waals surface area contributed by atoms with E-state index in [-0.39, 0.29) is 0 Å². The first kappa shape index (κ1) is 64.5. The highest BCUT2D eigenvalue weighted by Crippen LogP contribution is 2.24. The average Bonchev–Trinajstić information content (AvgIpc) is 3.32. The number of nitrogens with one attached hydrogen (secondary N) is 2. The summed E-state index contributed by atoms with van der Waals surface area (Å²) in [6, 6.07) is 0. The lowest BCUT2D eigenvalue weighted by Crippen LogP contribution is -2.21.